The van der Waals surface area contributed by atoms with Crippen LogP contribution in [0, 0.1) is 6.92 Å². The first-order chi connectivity index (χ1) is 17.0. The summed E-state index contributed by atoms with van der Waals surface area (Å²) in [5.41, 5.74) is 6.19. The number of aryl methyl sites for hydroxylation is 1. The van der Waals surface area contributed by atoms with Crippen molar-refractivity contribution in [3.8, 4) is 16.9 Å². The highest BCUT2D eigenvalue weighted by atomic mass is 16.5. The number of ether oxygens (including phenoxy) is 1. The minimum Gasteiger partial charge on any atom is -0.491 e. The molecule has 4 rings (SSSR count). The second-order valence-corrected chi connectivity index (χ2v) is 9.56. The lowest BCUT2D eigenvalue weighted by Gasteiger charge is -2.17. The van der Waals surface area contributed by atoms with Gasteiger partial charge in [-0.15, -0.1) is 0 Å². The zero-order valence-electron chi connectivity index (χ0n) is 21.2. The van der Waals surface area contributed by atoms with Crippen LogP contribution in [0.1, 0.15) is 39.9 Å². The smallest absolute Gasteiger partial charge is 0.189 e. The van der Waals surface area contributed by atoms with Crippen LogP contribution in [0.2, 0.25) is 0 Å². The van der Waals surface area contributed by atoms with Gasteiger partial charge in [0.25, 0.3) is 0 Å². The van der Waals surface area contributed by atoms with Crippen molar-refractivity contribution in [3.05, 3.63) is 95.1 Å². The Labute approximate surface area is 209 Å². The Morgan fingerprint density at radius 1 is 1.00 bits per heavy atom. The summed E-state index contributed by atoms with van der Waals surface area (Å²) in [5, 5.41) is 0. The predicted octanol–water partition coefficient (Wildman–Crippen LogP) is 6.09. The molecule has 3 aromatic carbocycles. The molecule has 1 aliphatic heterocycles. The molecule has 3 aromatic rings. The summed E-state index contributed by atoms with van der Waals surface area (Å²) in [6.45, 7) is 6.66. The normalized spacial score (nSPS) is 14.2. The SMILES string of the molecule is Cc1ccccc1-c1ccc(OCCN2CCCC2)c(C(=O)/C=C/c2ccccc2CN(C)C)c1. The van der Waals surface area contributed by atoms with Gasteiger partial charge in [-0.25, -0.2) is 0 Å². The fraction of sp³-hybridized carbons (Fsp3) is 0.323. The lowest BCUT2D eigenvalue weighted by molar-refractivity contribution is 0.104. The van der Waals surface area contributed by atoms with Crippen molar-refractivity contribution in [2.75, 3.05) is 40.3 Å². The summed E-state index contributed by atoms with van der Waals surface area (Å²) in [6, 6.07) is 22.5. The van der Waals surface area contributed by atoms with Crippen LogP contribution in [-0.2, 0) is 6.54 Å². The van der Waals surface area contributed by atoms with Crippen molar-refractivity contribution >= 4 is 11.9 Å². The molecule has 0 amide bonds. The van der Waals surface area contributed by atoms with Crippen molar-refractivity contribution in [2.45, 2.75) is 26.3 Å². The molecule has 0 spiro atoms. The zero-order valence-corrected chi connectivity index (χ0v) is 21.2. The van der Waals surface area contributed by atoms with E-state index in [1.165, 1.54) is 24.0 Å². The van der Waals surface area contributed by atoms with Gasteiger partial charge in [0.2, 0.25) is 0 Å². The standard InChI is InChI=1S/C31H36N2O2/c1-24-10-4-7-13-28(24)26-15-17-31(35-21-20-33-18-8-9-19-33)29(22-26)30(34)16-14-25-11-5-6-12-27(25)23-32(2)3/h4-7,10-17,22H,8-9,18-21,23H2,1-3H3/b16-14+. The van der Waals surface area contributed by atoms with Gasteiger partial charge in [-0.1, -0.05) is 60.7 Å². The highest BCUT2D eigenvalue weighted by Crippen LogP contribution is 2.30. The summed E-state index contributed by atoms with van der Waals surface area (Å²) >= 11 is 0. The molecule has 4 nitrogen and oxygen atoms in total. The molecule has 0 N–H and O–H groups in total. The van der Waals surface area contributed by atoms with Gasteiger partial charge in [0, 0.05) is 13.1 Å². The van der Waals surface area contributed by atoms with Crippen molar-refractivity contribution in [1.29, 1.82) is 0 Å². The first kappa shape index (κ1) is 24.9. The third-order valence-corrected chi connectivity index (χ3v) is 6.52. The maximum absolute atomic E-state index is 13.5. The van der Waals surface area contributed by atoms with Crippen LogP contribution in [0.5, 0.6) is 5.75 Å². The summed E-state index contributed by atoms with van der Waals surface area (Å²) in [4.78, 5) is 18.0. The number of benzene rings is 3. The van der Waals surface area contributed by atoms with Gasteiger partial charge in [0.1, 0.15) is 12.4 Å². The molecule has 0 atom stereocenters. The molecule has 1 fully saturated rings. The Balaban J connectivity index is 1.60. The Bertz CT molecular complexity index is 1180. The topological polar surface area (TPSA) is 32.8 Å². The number of likely N-dealkylation sites (tertiary alicyclic amines) is 1. The van der Waals surface area contributed by atoms with Crippen LogP contribution in [0.4, 0.5) is 0 Å². The second-order valence-electron chi connectivity index (χ2n) is 9.56. The predicted molar refractivity (Wildman–Crippen MR) is 145 cm³/mol. The molecule has 4 heteroatoms. The van der Waals surface area contributed by atoms with Crippen LogP contribution >= 0.6 is 0 Å². The van der Waals surface area contributed by atoms with E-state index in [9.17, 15) is 4.79 Å². The van der Waals surface area contributed by atoms with E-state index in [1.807, 2.05) is 42.5 Å². The van der Waals surface area contributed by atoms with Gasteiger partial charge in [0.05, 0.1) is 5.56 Å². The van der Waals surface area contributed by atoms with Crippen molar-refractivity contribution < 1.29 is 9.53 Å². The number of carbonyl (C=O) groups excluding carboxylic acids is 1. The van der Waals surface area contributed by atoms with E-state index in [1.54, 1.807) is 6.08 Å². The maximum Gasteiger partial charge on any atom is 0.189 e. The molecule has 0 unspecified atom stereocenters. The summed E-state index contributed by atoms with van der Waals surface area (Å²) in [7, 11) is 4.10. The van der Waals surface area contributed by atoms with Gasteiger partial charge in [-0.05, 0) is 93.0 Å². The average Bonchev–Trinajstić information content (AvgIpc) is 3.37. The van der Waals surface area contributed by atoms with Gasteiger partial charge >= 0.3 is 0 Å². The van der Waals surface area contributed by atoms with Gasteiger partial charge < -0.3 is 9.64 Å². The van der Waals surface area contributed by atoms with E-state index in [0.29, 0.717) is 17.9 Å². The number of allylic oxidation sites excluding steroid dienone is 1. The molecule has 0 radical (unpaired) electrons. The first-order valence-corrected chi connectivity index (χ1v) is 12.5. The summed E-state index contributed by atoms with van der Waals surface area (Å²) in [6.07, 6.45) is 6.12. The quantitative estimate of drug-likeness (QED) is 0.266. The van der Waals surface area contributed by atoms with Crippen LogP contribution < -0.4 is 4.74 Å². The molecular formula is C31H36N2O2. The molecular weight excluding hydrogens is 432 g/mol. The molecule has 35 heavy (non-hydrogen) atoms. The van der Waals surface area contributed by atoms with E-state index >= 15 is 0 Å². The van der Waals surface area contributed by atoms with Crippen LogP contribution in [-0.4, -0.2) is 55.9 Å². The molecule has 0 aromatic heterocycles. The highest BCUT2D eigenvalue weighted by Gasteiger charge is 2.15. The number of hydrogen-bond donors (Lipinski definition) is 0. The van der Waals surface area contributed by atoms with E-state index in [0.717, 1.165) is 42.9 Å². The Morgan fingerprint density at radius 2 is 1.74 bits per heavy atom. The van der Waals surface area contributed by atoms with Gasteiger partial charge in [0.15, 0.2) is 5.78 Å². The molecule has 1 aliphatic rings. The maximum atomic E-state index is 13.5. The molecule has 1 heterocycles. The van der Waals surface area contributed by atoms with E-state index < -0.39 is 0 Å². The second kappa shape index (κ2) is 12.0. The molecule has 0 aliphatic carbocycles. The number of ketones is 1. The number of nitrogens with zero attached hydrogens (tertiary/aromatic N) is 2. The summed E-state index contributed by atoms with van der Waals surface area (Å²) in [5.74, 6) is 0.606. The summed E-state index contributed by atoms with van der Waals surface area (Å²) < 4.78 is 6.17. The third-order valence-electron chi connectivity index (χ3n) is 6.52. The number of carbonyl (C=O) groups is 1. The van der Waals surface area contributed by atoms with Crippen LogP contribution in [0.15, 0.2) is 72.8 Å². The van der Waals surface area contributed by atoms with Gasteiger partial charge in [-0.3, -0.25) is 9.69 Å². The van der Waals surface area contributed by atoms with Crippen LogP contribution in [0.3, 0.4) is 0 Å². The third kappa shape index (κ3) is 6.68. The average molecular weight is 469 g/mol. The Hall–Kier alpha value is -3.21. The lowest BCUT2D eigenvalue weighted by atomic mass is 9.96. The monoisotopic (exact) mass is 468 g/mol. The molecule has 0 saturated carbocycles. The van der Waals surface area contributed by atoms with E-state index in [-0.39, 0.29) is 5.78 Å². The van der Waals surface area contributed by atoms with Crippen molar-refractivity contribution in [1.82, 2.24) is 9.80 Å². The first-order valence-electron chi connectivity index (χ1n) is 12.5. The highest BCUT2D eigenvalue weighted by molar-refractivity contribution is 6.09. The van der Waals surface area contributed by atoms with Crippen LogP contribution in [0.25, 0.3) is 17.2 Å². The number of hydrogen-bond acceptors (Lipinski definition) is 4. The largest absolute Gasteiger partial charge is 0.491 e. The molecule has 1 saturated heterocycles. The van der Waals surface area contributed by atoms with Crippen molar-refractivity contribution in [3.63, 3.8) is 0 Å². The molecule has 182 valence electrons. The minimum absolute atomic E-state index is 0.0451. The Kier molecular flexibility index (Phi) is 8.51. The van der Waals surface area contributed by atoms with E-state index in [2.05, 4.69) is 61.2 Å². The van der Waals surface area contributed by atoms with E-state index in [4.69, 9.17) is 4.74 Å². The van der Waals surface area contributed by atoms with Gasteiger partial charge in [-0.2, -0.15) is 0 Å². The Morgan fingerprint density at radius 3 is 2.51 bits per heavy atom. The fourth-order valence-electron chi connectivity index (χ4n) is 4.64. The fourth-order valence-corrected chi connectivity index (χ4v) is 4.64. The van der Waals surface area contributed by atoms with Crippen molar-refractivity contribution in [2.24, 2.45) is 0 Å². The minimum atomic E-state index is -0.0451. The molecule has 0 bridgehead atoms. The lowest BCUT2D eigenvalue weighted by Crippen LogP contribution is -2.25. The number of rotatable bonds is 10. The zero-order chi connectivity index (χ0) is 24.6.